The summed E-state index contributed by atoms with van der Waals surface area (Å²) >= 11 is 5.99. The third kappa shape index (κ3) is 8.31. The van der Waals surface area contributed by atoms with E-state index in [1.165, 1.54) is 4.90 Å². The van der Waals surface area contributed by atoms with Crippen molar-refractivity contribution in [2.24, 2.45) is 0 Å². The van der Waals surface area contributed by atoms with E-state index in [4.69, 9.17) is 16.3 Å². The van der Waals surface area contributed by atoms with Gasteiger partial charge in [0.1, 0.15) is 6.04 Å². The molecular weight excluding hydrogens is 490 g/mol. The second-order valence-electron chi connectivity index (χ2n) is 8.72. The van der Waals surface area contributed by atoms with Gasteiger partial charge >= 0.3 is 0 Å². The number of carbonyl (C=O) groups is 2. The fraction of sp³-hybridized carbons (Fsp3) is 0.440. The highest BCUT2D eigenvalue weighted by Crippen LogP contribution is 2.16. The van der Waals surface area contributed by atoms with E-state index in [-0.39, 0.29) is 31.6 Å². The van der Waals surface area contributed by atoms with Gasteiger partial charge in [-0.15, -0.1) is 0 Å². The van der Waals surface area contributed by atoms with E-state index in [0.29, 0.717) is 18.2 Å². The average molecular weight is 522 g/mol. The van der Waals surface area contributed by atoms with Crippen LogP contribution in [0.3, 0.4) is 0 Å². The molecule has 0 aliphatic carbocycles. The Morgan fingerprint density at radius 1 is 1.09 bits per heavy atom. The van der Waals surface area contributed by atoms with Crippen LogP contribution in [0.25, 0.3) is 0 Å². The molecule has 0 saturated carbocycles. The van der Waals surface area contributed by atoms with Gasteiger partial charge in [0.2, 0.25) is 21.8 Å². The lowest BCUT2D eigenvalue weighted by molar-refractivity contribution is -0.141. The van der Waals surface area contributed by atoms with Crippen molar-refractivity contribution in [1.29, 1.82) is 0 Å². The highest BCUT2D eigenvalue weighted by atomic mass is 35.5. The summed E-state index contributed by atoms with van der Waals surface area (Å²) in [4.78, 5) is 27.8. The first-order valence-electron chi connectivity index (χ1n) is 11.6. The molecule has 2 amide bonds. The van der Waals surface area contributed by atoms with Gasteiger partial charge in [-0.1, -0.05) is 54.1 Å². The van der Waals surface area contributed by atoms with Gasteiger partial charge in [0.05, 0.1) is 18.9 Å². The number of amides is 2. The van der Waals surface area contributed by atoms with E-state index in [0.717, 1.165) is 34.5 Å². The van der Waals surface area contributed by atoms with E-state index >= 15 is 0 Å². The van der Waals surface area contributed by atoms with E-state index in [9.17, 15) is 18.0 Å². The summed E-state index contributed by atoms with van der Waals surface area (Å²) in [5.41, 5.74) is 1.54. The van der Waals surface area contributed by atoms with Gasteiger partial charge in [0, 0.05) is 31.3 Å². The molecular formula is C25H32ClN3O5S. The monoisotopic (exact) mass is 521 g/mol. The fourth-order valence-electron chi connectivity index (χ4n) is 3.86. The number of carbonyl (C=O) groups excluding carboxylic acids is 2. The molecule has 3 rings (SSSR count). The summed E-state index contributed by atoms with van der Waals surface area (Å²) < 4.78 is 31.7. The molecule has 1 N–H and O–H groups in total. The highest BCUT2D eigenvalue weighted by molar-refractivity contribution is 7.88. The Kier molecular flexibility index (Phi) is 9.68. The van der Waals surface area contributed by atoms with Crippen molar-refractivity contribution >= 4 is 33.4 Å². The van der Waals surface area contributed by atoms with Crippen LogP contribution < -0.4 is 5.32 Å². The van der Waals surface area contributed by atoms with Gasteiger partial charge in [-0.3, -0.25) is 9.59 Å². The van der Waals surface area contributed by atoms with Crippen LogP contribution in [-0.4, -0.2) is 67.5 Å². The minimum atomic E-state index is -3.69. The lowest BCUT2D eigenvalue weighted by atomic mass is 10.1. The minimum absolute atomic E-state index is 0.0295. The number of rotatable bonds is 11. The molecule has 190 valence electrons. The van der Waals surface area contributed by atoms with Crippen LogP contribution in [0.2, 0.25) is 5.02 Å². The Morgan fingerprint density at radius 3 is 2.34 bits per heavy atom. The van der Waals surface area contributed by atoms with Crippen LogP contribution in [0.4, 0.5) is 0 Å². The van der Waals surface area contributed by atoms with E-state index in [1.54, 1.807) is 43.3 Å². The number of nitrogens with one attached hydrogen (secondary N) is 1. The summed E-state index contributed by atoms with van der Waals surface area (Å²) in [5.74, 6) is -0.794. The number of ether oxygens (including phenoxy) is 1. The normalized spacial score (nSPS) is 16.7. The van der Waals surface area contributed by atoms with Crippen molar-refractivity contribution in [1.82, 2.24) is 14.5 Å². The Labute approximate surface area is 212 Å². The number of sulfonamides is 1. The molecule has 1 aliphatic heterocycles. The fourth-order valence-corrected chi connectivity index (χ4v) is 4.71. The Balaban J connectivity index is 1.77. The highest BCUT2D eigenvalue weighted by Gasteiger charge is 2.30. The lowest BCUT2D eigenvalue weighted by Crippen LogP contribution is -2.51. The summed E-state index contributed by atoms with van der Waals surface area (Å²) in [6.45, 7) is 2.49. The Hall–Kier alpha value is -2.46. The molecule has 8 nitrogen and oxygen atoms in total. The molecule has 10 heteroatoms. The van der Waals surface area contributed by atoms with Gasteiger partial charge < -0.3 is 15.0 Å². The third-order valence-corrected chi connectivity index (χ3v) is 7.39. The van der Waals surface area contributed by atoms with Crippen molar-refractivity contribution in [3.05, 3.63) is 70.7 Å². The van der Waals surface area contributed by atoms with E-state index in [2.05, 4.69) is 5.32 Å². The SMILES string of the molecule is C[C@@H](C(=O)NC[C@@H]1CCCO1)N(Cc1ccc(Cl)cc1)C(=O)CN(Cc1ccccc1)S(C)(=O)=O. The first-order valence-corrected chi connectivity index (χ1v) is 13.8. The van der Waals surface area contributed by atoms with Crippen molar-refractivity contribution in [3.63, 3.8) is 0 Å². The maximum absolute atomic E-state index is 13.5. The standard InChI is InChI=1S/C25H32ClN3O5S/c1-19(25(31)27-15-23-9-6-14-34-23)29(17-21-10-12-22(26)13-11-21)24(30)18-28(35(2,32)33)16-20-7-4-3-5-8-20/h3-5,7-8,10-13,19,23H,6,9,14-18H2,1-2H3,(H,27,31)/t19-,23-/m0/s1. The Bertz CT molecular complexity index is 1090. The second kappa shape index (κ2) is 12.5. The van der Waals surface area contributed by atoms with Crippen LogP contribution in [0.1, 0.15) is 30.9 Å². The molecule has 35 heavy (non-hydrogen) atoms. The zero-order valence-electron chi connectivity index (χ0n) is 20.0. The third-order valence-electron chi connectivity index (χ3n) is 5.94. The van der Waals surface area contributed by atoms with E-state index < -0.39 is 22.0 Å². The topological polar surface area (TPSA) is 96.0 Å². The molecule has 2 aromatic carbocycles. The van der Waals surface area contributed by atoms with Crippen LogP contribution in [-0.2, 0) is 37.4 Å². The number of hydrogen-bond acceptors (Lipinski definition) is 5. The molecule has 0 radical (unpaired) electrons. The molecule has 2 atom stereocenters. The number of benzene rings is 2. The van der Waals surface area contributed by atoms with Crippen LogP contribution in [0.15, 0.2) is 54.6 Å². The summed E-state index contributed by atoms with van der Waals surface area (Å²) in [6, 6.07) is 15.2. The van der Waals surface area contributed by atoms with Crippen molar-refractivity contribution in [2.45, 2.75) is 45.0 Å². The smallest absolute Gasteiger partial charge is 0.242 e. The zero-order chi connectivity index (χ0) is 25.4. The van der Waals surface area contributed by atoms with E-state index in [1.807, 2.05) is 18.2 Å². The first-order chi connectivity index (χ1) is 16.6. The van der Waals surface area contributed by atoms with Crippen molar-refractivity contribution in [3.8, 4) is 0 Å². The molecule has 0 unspecified atom stereocenters. The van der Waals surface area contributed by atoms with Crippen LogP contribution in [0.5, 0.6) is 0 Å². The zero-order valence-corrected chi connectivity index (χ0v) is 21.6. The van der Waals surface area contributed by atoms with Gasteiger partial charge in [-0.05, 0) is 43.0 Å². The summed E-state index contributed by atoms with van der Waals surface area (Å²) in [7, 11) is -3.69. The summed E-state index contributed by atoms with van der Waals surface area (Å²) in [5, 5.41) is 3.42. The van der Waals surface area contributed by atoms with Gasteiger partial charge in [0.25, 0.3) is 0 Å². The predicted octanol–water partition coefficient (Wildman–Crippen LogP) is 2.81. The number of hydrogen-bond donors (Lipinski definition) is 1. The van der Waals surface area contributed by atoms with Crippen molar-refractivity contribution < 1.29 is 22.7 Å². The summed E-state index contributed by atoms with van der Waals surface area (Å²) in [6.07, 6.45) is 2.88. The molecule has 0 spiro atoms. The molecule has 1 fully saturated rings. The predicted molar refractivity (Wildman–Crippen MR) is 135 cm³/mol. The van der Waals surface area contributed by atoms with Gasteiger partial charge in [0.15, 0.2) is 0 Å². The molecule has 0 bridgehead atoms. The maximum atomic E-state index is 13.5. The molecule has 0 aromatic heterocycles. The van der Waals surface area contributed by atoms with Crippen LogP contribution in [0, 0.1) is 0 Å². The largest absolute Gasteiger partial charge is 0.376 e. The minimum Gasteiger partial charge on any atom is -0.376 e. The molecule has 1 saturated heterocycles. The molecule has 1 aliphatic rings. The number of nitrogens with zero attached hydrogens (tertiary/aromatic N) is 2. The quantitative estimate of drug-likeness (QED) is 0.490. The van der Waals surface area contributed by atoms with Gasteiger partial charge in [-0.25, -0.2) is 8.42 Å². The number of halogens is 1. The van der Waals surface area contributed by atoms with Crippen molar-refractivity contribution in [2.75, 3.05) is 26.0 Å². The Morgan fingerprint density at radius 2 is 1.74 bits per heavy atom. The average Bonchev–Trinajstić information content (AvgIpc) is 3.35. The molecule has 2 aromatic rings. The lowest BCUT2D eigenvalue weighted by Gasteiger charge is -2.31. The van der Waals surface area contributed by atoms with Crippen LogP contribution >= 0.6 is 11.6 Å². The second-order valence-corrected chi connectivity index (χ2v) is 11.1. The van der Waals surface area contributed by atoms with Gasteiger partial charge in [-0.2, -0.15) is 4.31 Å². The first kappa shape index (κ1) is 27.1. The molecule has 1 heterocycles. The maximum Gasteiger partial charge on any atom is 0.242 e.